The first kappa shape index (κ1) is 17.0. The number of hydrogen-bond acceptors (Lipinski definition) is 5. The maximum absolute atomic E-state index is 12.2. The van der Waals surface area contributed by atoms with E-state index in [0.29, 0.717) is 16.8 Å². The smallest absolute Gasteiger partial charge is 0.336 e. The highest BCUT2D eigenvalue weighted by Gasteiger charge is 2.33. The van der Waals surface area contributed by atoms with E-state index in [1.165, 1.54) is 12.1 Å². The van der Waals surface area contributed by atoms with Gasteiger partial charge in [0.25, 0.3) is 5.69 Å². The summed E-state index contributed by atoms with van der Waals surface area (Å²) in [6.07, 6.45) is 0.00424. The molecule has 0 aliphatic carbocycles. The van der Waals surface area contributed by atoms with Gasteiger partial charge in [0, 0.05) is 24.1 Å². The van der Waals surface area contributed by atoms with Crippen molar-refractivity contribution in [1.29, 1.82) is 0 Å². The Morgan fingerprint density at radius 1 is 1.52 bits per heavy atom. The Balaban J connectivity index is 2.52. The van der Waals surface area contributed by atoms with Gasteiger partial charge in [-0.05, 0) is 25.5 Å². The van der Waals surface area contributed by atoms with E-state index in [9.17, 15) is 19.7 Å². The first-order chi connectivity index (χ1) is 10.8. The van der Waals surface area contributed by atoms with Crippen molar-refractivity contribution in [3.05, 3.63) is 50.2 Å². The van der Waals surface area contributed by atoms with Crippen molar-refractivity contribution in [2.24, 2.45) is 0 Å². The van der Waals surface area contributed by atoms with Crippen LogP contribution in [0.25, 0.3) is 0 Å². The topological polar surface area (TPSA) is 98.5 Å². The molecule has 1 atom stereocenters. The molecule has 1 aliphatic heterocycles. The molecule has 7 nitrogen and oxygen atoms in total. The number of rotatable bonds is 4. The van der Waals surface area contributed by atoms with Crippen LogP contribution in [0.4, 0.5) is 5.69 Å². The van der Waals surface area contributed by atoms with Gasteiger partial charge in [0.15, 0.2) is 0 Å². The van der Waals surface area contributed by atoms with Gasteiger partial charge < -0.3 is 10.1 Å². The molecule has 0 spiro atoms. The monoisotopic (exact) mass is 338 g/mol. The lowest BCUT2D eigenvalue weighted by Gasteiger charge is -2.26. The van der Waals surface area contributed by atoms with Crippen LogP contribution >= 0.6 is 11.6 Å². The molecule has 8 heteroatoms. The number of amides is 1. The molecule has 2 rings (SSSR count). The second-order valence-corrected chi connectivity index (χ2v) is 5.44. The SMILES string of the molecule is CCOC(=O)C1=C(C)NC(=O)CC1c1ccc(Cl)c([N+](=O)[O-])c1. The number of allylic oxidation sites excluding steroid dienone is 1. The predicted octanol–water partition coefficient (Wildman–Crippen LogP) is 2.69. The summed E-state index contributed by atoms with van der Waals surface area (Å²) in [6.45, 7) is 3.47. The van der Waals surface area contributed by atoms with Gasteiger partial charge in [-0.3, -0.25) is 14.9 Å². The standard InChI is InChI=1S/C15H15ClN2O5/c1-3-23-15(20)14-8(2)17-13(19)7-10(14)9-4-5-11(16)12(6-9)18(21)22/h4-6,10H,3,7H2,1-2H3,(H,17,19). The molecule has 0 saturated carbocycles. The molecule has 1 N–H and O–H groups in total. The van der Waals surface area contributed by atoms with Gasteiger partial charge in [-0.15, -0.1) is 0 Å². The molecule has 0 aromatic heterocycles. The highest BCUT2D eigenvalue weighted by atomic mass is 35.5. The lowest BCUT2D eigenvalue weighted by molar-refractivity contribution is -0.384. The lowest BCUT2D eigenvalue weighted by Crippen LogP contribution is -2.34. The Bertz CT molecular complexity index is 714. The number of carbonyl (C=O) groups is 2. The maximum Gasteiger partial charge on any atom is 0.336 e. The maximum atomic E-state index is 12.2. The van der Waals surface area contributed by atoms with Crippen molar-refractivity contribution in [3.63, 3.8) is 0 Å². The van der Waals surface area contributed by atoms with E-state index in [0.717, 1.165) is 0 Å². The molecule has 1 aromatic rings. The number of nitrogens with zero attached hydrogens (tertiary/aromatic N) is 1. The summed E-state index contributed by atoms with van der Waals surface area (Å²) in [5.74, 6) is -1.43. The molecule has 1 amide bonds. The Hall–Kier alpha value is -2.41. The van der Waals surface area contributed by atoms with E-state index in [4.69, 9.17) is 16.3 Å². The first-order valence-electron chi connectivity index (χ1n) is 6.96. The third-order valence-electron chi connectivity index (χ3n) is 3.53. The van der Waals surface area contributed by atoms with Crippen molar-refractivity contribution in [2.75, 3.05) is 6.61 Å². The lowest BCUT2D eigenvalue weighted by atomic mass is 9.84. The molecule has 0 fully saturated rings. The second-order valence-electron chi connectivity index (χ2n) is 5.03. The van der Waals surface area contributed by atoms with Crippen LogP contribution in [-0.2, 0) is 14.3 Å². The average molecular weight is 339 g/mol. The summed E-state index contributed by atoms with van der Waals surface area (Å²) in [4.78, 5) is 34.4. The van der Waals surface area contributed by atoms with Gasteiger partial charge >= 0.3 is 5.97 Å². The van der Waals surface area contributed by atoms with Crippen molar-refractivity contribution >= 4 is 29.2 Å². The van der Waals surface area contributed by atoms with Crippen molar-refractivity contribution < 1.29 is 19.2 Å². The Morgan fingerprint density at radius 3 is 2.83 bits per heavy atom. The minimum Gasteiger partial charge on any atom is -0.463 e. The van der Waals surface area contributed by atoms with Crippen LogP contribution in [0.15, 0.2) is 29.5 Å². The third kappa shape index (κ3) is 3.50. The van der Waals surface area contributed by atoms with Crippen LogP contribution in [0.2, 0.25) is 5.02 Å². The van der Waals surface area contributed by atoms with Gasteiger partial charge in [-0.2, -0.15) is 0 Å². The number of ether oxygens (including phenoxy) is 1. The van der Waals surface area contributed by atoms with Crippen LogP contribution in [0, 0.1) is 10.1 Å². The molecule has 0 bridgehead atoms. The first-order valence-corrected chi connectivity index (χ1v) is 7.34. The van der Waals surface area contributed by atoms with E-state index in [2.05, 4.69) is 5.32 Å². The number of nitro benzene ring substituents is 1. The quantitative estimate of drug-likeness (QED) is 0.517. The Labute approximate surface area is 137 Å². The van der Waals surface area contributed by atoms with Crippen LogP contribution in [0.5, 0.6) is 0 Å². The number of carbonyl (C=O) groups excluding carboxylic acids is 2. The zero-order valence-corrected chi connectivity index (χ0v) is 13.3. The Morgan fingerprint density at radius 2 is 2.22 bits per heavy atom. The molecule has 1 unspecified atom stereocenters. The molecule has 1 heterocycles. The molecule has 23 heavy (non-hydrogen) atoms. The summed E-state index contributed by atoms with van der Waals surface area (Å²) < 4.78 is 5.03. The Kier molecular flexibility index (Phi) is 5.00. The molecule has 0 radical (unpaired) electrons. The highest BCUT2D eigenvalue weighted by molar-refractivity contribution is 6.32. The van der Waals surface area contributed by atoms with E-state index in [-0.39, 0.29) is 29.6 Å². The van der Waals surface area contributed by atoms with E-state index >= 15 is 0 Å². The zero-order chi connectivity index (χ0) is 17.1. The molecular weight excluding hydrogens is 324 g/mol. The van der Waals surface area contributed by atoms with Gasteiger partial charge in [-0.1, -0.05) is 17.7 Å². The minimum absolute atomic E-state index is 0.00241. The van der Waals surface area contributed by atoms with Crippen LogP contribution < -0.4 is 5.32 Å². The zero-order valence-electron chi connectivity index (χ0n) is 12.6. The molecule has 1 aliphatic rings. The van der Waals surface area contributed by atoms with Crippen LogP contribution in [0.3, 0.4) is 0 Å². The predicted molar refractivity (Wildman–Crippen MR) is 82.9 cm³/mol. The van der Waals surface area contributed by atoms with Crippen LogP contribution in [0.1, 0.15) is 31.7 Å². The summed E-state index contributed by atoms with van der Waals surface area (Å²) in [7, 11) is 0. The molecule has 1 aromatic carbocycles. The van der Waals surface area contributed by atoms with Gasteiger partial charge in [0.1, 0.15) is 5.02 Å². The molecule has 0 saturated heterocycles. The summed E-state index contributed by atoms with van der Waals surface area (Å²) in [6, 6.07) is 4.25. The second kappa shape index (κ2) is 6.78. The summed E-state index contributed by atoms with van der Waals surface area (Å²) >= 11 is 5.81. The van der Waals surface area contributed by atoms with Crippen molar-refractivity contribution in [3.8, 4) is 0 Å². The largest absolute Gasteiger partial charge is 0.463 e. The van der Waals surface area contributed by atoms with E-state index in [1.807, 2.05) is 0 Å². The number of benzene rings is 1. The van der Waals surface area contributed by atoms with Gasteiger partial charge in [0.2, 0.25) is 5.91 Å². The average Bonchev–Trinajstić information content (AvgIpc) is 2.46. The molecule has 122 valence electrons. The number of esters is 1. The van der Waals surface area contributed by atoms with Gasteiger partial charge in [-0.25, -0.2) is 4.79 Å². The summed E-state index contributed by atoms with van der Waals surface area (Å²) in [5, 5.41) is 13.6. The van der Waals surface area contributed by atoms with Gasteiger partial charge in [0.05, 0.1) is 17.1 Å². The highest BCUT2D eigenvalue weighted by Crippen LogP contribution is 2.36. The number of halogens is 1. The third-order valence-corrected chi connectivity index (χ3v) is 3.85. The summed E-state index contributed by atoms with van der Waals surface area (Å²) in [5.41, 5.74) is 0.889. The normalized spacial score (nSPS) is 17.7. The fourth-order valence-corrected chi connectivity index (χ4v) is 2.74. The van der Waals surface area contributed by atoms with Crippen molar-refractivity contribution in [2.45, 2.75) is 26.2 Å². The van der Waals surface area contributed by atoms with E-state index < -0.39 is 16.8 Å². The number of nitro groups is 1. The fraction of sp³-hybridized carbons (Fsp3) is 0.333. The number of nitrogens with one attached hydrogen (secondary N) is 1. The van der Waals surface area contributed by atoms with E-state index in [1.54, 1.807) is 19.9 Å². The van der Waals surface area contributed by atoms with Crippen molar-refractivity contribution in [1.82, 2.24) is 5.32 Å². The fourth-order valence-electron chi connectivity index (χ4n) is 2.55. The number of hydrogen-bond donors (Lipinski definition) is 1. The molecular formula is C15H15ClN2O5. The minimum atomic E-state index is -0.612. The van der Waals surface area contributed by atoms with Crippen LogP contribution in [-0.4, -0.2) is 23.4 Å².